The van der Waals surface area contributed by atoms with Gasteiger partial charge >= 0.3 is 11.9 Å². The number of esters is 2. The van der Waals surface area contributed by atoms with Gasteiger partial charge in [-0.15, -0.1) is 0 Å². The van der Waals surface area contributed by atoms with E-state index in [1.54, 1.807) is 0 Å². The Balaban J connectivity index is 1.54. The fraction of sp³-hybridized carbons (Fsp3) is 0.871. The Morgan fingerprint density at radius 3 is 2.38 bits per heavy atom. The van der Waals surface area contributed by atoms with E-state index >= 15 is 0 Å². The molecule has 0 heterocycles. The average molecular weight is 523 g/mol. The lowest BCUT2D eigenvalue weighted by atomic mass is 9.46. The van der Waals surface area contributed by atoms with E-state index < -0.39 is 11.8 Å². The van der Waals surface area contributed by atoms with Crippen LogP contribution < -0.4 is 0 Å². The molecule has 1 unspecified atom stereocenters. The minimum Gasteiger partial charge on any atom is -0.462 e. The summed E-state index contributed by atoms with van der Waals surface area (Å²) < 4.78 is 40.0. The molecule has 0 bridgehead atoms. The highest BCUT2D eigenvalue weighted by molar-refractivity contribution is 5.67. The van der Waals surface area contributed by atoms with Crippen molar-refractivity contribution < 1.29 is 27.8 Å². The van der Waals surface area contributed by atoms with E-state index in [2.05, 4.69) is 26.8 Å². The Kier molecular flexibility index (Phi) is 7.92. The summed E-state index contributed by atoms with van der Waals surface area (Å²) in [4.78, 5) is 23.8. The standard InChI is InChI=1S/C31H48F2O4/c1-18(8-13-27(32)29(4,5)33)24-11-12-25-23-10-9-21-16-22(36-19(2)34)17-28(37-20(3)35)31(21,7)26(23)14-15-30(24,25)6/h9,18,22-28H,8,10-17H2,1-7H3/t18-,22-,23+,24-,25+,26+,27?,28+,30-,31+/m1/s1. The molecule has 37 heavy (non-hydrogen) atoms. The van der Waals surface area contributed by atoms with Crippen LogP contribution in [0, 0.1) is 40.4 Å². The summed E-state index contributed by atoms with van der Waals surface area (Å²) in [7, 11) is 0. The van der Waals surface area contributed by atoms with Crippen molar-refractivity contribution >= 4 is 11.9 Å². The first-order valence-electron chi connectivity index (χ1n) is 14.5. The van der Waals surface area contributed by atoms with E-state index in [-0.39, 0.29) is 41.4 Å². The molecule has 0 N–H and O–H groups in total. The molecule has 0 radical (unpaired) electrons. The lowest BCUT2D eigenvalue weighted by Gasteiger charge is -2.60. The quantitative estimate of drug-likeness (QED) is 0.256. The molecule has 3 saturated carbocycles. The number of carbonyl (C=O) groups is 2. The minimum absolute atomic E-state index is 0.200. The molecule has 210 valence electrons. The van der Waals surface area contributed by atoms with Gasteiger partial charge in [-0.3, -0.25) is 9.59 Å². The molecular formula is C31H48F2O4. The molecule has 0 spiro atoms. The Bertz CT molecular complexity index is 909. The van der Waals surface area contributed by atoms with Crippen LogP contribution in [0.1, 0.15) is 106 Å². The maximum absolute atomic E-state index is 14.4. The van der Waals surface area contributed by atoms with Gasteiger partial charge in [0.2, 0.25) is 0 Å². The number of hydrogen-bond donors (Lipinski definition) is 0. The van der Waals surface area contributed by atoms with Crippen LogP contribution in [0.5, 0.6) is 0 Å². The van der Waals surface area contributed by atoms with Crippen molar-refractivity contribution in [1.29, 1.82) is 0 Å². The molecule has 6 heteroatoms. The molecule has 4 aliphatic carbocycles. The Morgan fingerprint density at radius 2 is 1.76 bits per heavy atom. The molecule has 4 rings (SSSR count). The van der Waals surface area contributed by atoms with Gasteiger partial charge in [-0.05, 0) is 93.8 Å². The first kappa shape index (κ1) is 28.5. The zero-order valence-electron chi connectivity index (χ0n) is 23.9. The zero-order valence-corrected chi connectivity index (χ0v) is 23.9. The van der Waals surface area contributed by atoms with Crippen LogP contribution >= 0.6 is 0 Å². The molecule has 4 aliphatic rings. The van der Waals surface area contributed by atoms with Crippen molar-refractivity contribution in [2.45, 2.75) is 130 Å². The topological polar surface area (TPSA) is 52.6 Å². The van der Waals surface area contributed by atoms with Crippen molar-refractivity contribution in [1.82, 2.24) is 0 Å². The van der Waals surface area contributed by atoms with E-state index in [1.807, 2.05) is 0 Å². The number of fused-ring (bicyclic) bond motifs is 5. The summed E-state index contributed by atoms with van der Waals surface area (Å²) in [6.07, 6.45) is 8.20. The normalized spacial score (nSPS) is 40.9. The molecule has 0 aromatic heterocycles. The molecule has 0 aromatic rings. The summed E-state index contributed by atoms with van der Waals surface area (Å²) in [6.45, 7) is 12.6. The van der Waals surface area contributed by atoms with Gasteiger partial charge in [0.15, 0.2) is 0 Å². The van der Waals surface area contributed by atoms with Crippen LogP contribution in [0.3, 0.4) is 0 Å². The number of halogens is 2. The van der Waals surface area contributed by atoms with E-state index in [4.69, 9.17) is 9.47 Å². The fourth-order valence-electron chi connectivity index (χ4n) is 9.28. The second-order valence-corrected chi connectivity index (χ2v) is 13.7. The van der Waals surface area contributed by atoms with Crippen LogP contribution in [0.25, 0.3) is 0 Å². The highest BCUT2D eigenvalue weighted by Crippen LogP contribution is 2.67. The smallest absolute Gasteiger partial charge is 0.302 e. The predicted molar refractivity (Wildman–Crippen MR) is 140 cm³/mol. The largest absolute Gasteiger partial charge is 0.462 e. The number of hydrogen-bond acceptors (Lipinski definition) is 4. The van der Waals surface area contributed by atoms with Crippen LogP contribution in [0.15, 0.2) is 11.6 Å². The maximum Gasteiger partial charge on any atom is 0.302 e. The summed E-state index contributed by atoms with van der Waals surface area (Å²) in [5.74, 6) is 1.83. The van der Waals surface area contributed by atoms with Gasteiger partial charge in [0.1, 0.15) is 24.0 Å². The predicted octanol–water partition coefficient (Wildman–Crippen LogP) is 7.54. The SMILES string of the molecule is CC(=O)O[C@@H]1CC2=CC[C@H]3[C@@H]4CC[C@H]([C@H](C)CCC(F)C(C)(C)F)[C@@]4(C)CC[C@@H]3[C@@]2(C)[C@@H](OC(C)=O)C1. The van der Waals surface area contributed by atoms with Gasteiger partial charge in [-0.2, -0.15) is 0 Å². The number of ether oxygens (including phenoxy) is 2. The number of carbonyl (C=O) groups excluding carboxylic acids is 2. The van der Waals surface area contributed by atoms with Gasteiger partial charge < -0.3 is 9.47 Å². The molecular weight excluding hydrogens is 474 g/mol. The van der Waals surface area contributed by atoms with Gasteiger partial charge in [0.25, 0.3) is 0 Å². The van der Waals surface area contributed by atoms with Gasteiger partial charge in [-0.1, -0.05) is 32.4 Å². The van der Waals surface area contributed by atoms with Crippen molar-refractivity contribution in [2.75, 3.05) is 0 Å². The molecule has 4 nitrogen and oxygen atoms in total. The highest BCUT2D eigenvalue weighted by Gasteiger charge is 2.62. The third kappa shape index (κ3) is 5.24. The van der Waals surface area contributed by atoms with E-state index in [0.717, 1.165) is 32.1 Å². The molecule has 0 aromatic carbocycles. The Morgan fingerprint density at radius 1 is 1.08 bits per heavy atom. The lowest BCUT2D eigenvalue weighted by molar-refractivity contribution is -0.172. The number of rotatable bonds is 7. The average Bonchev–Trinajstić information content (AvgIpc) is 3.14. The van der Waals surface area contributed by atoms with Crippen molar-refractivity contribution in [2.24, 2.45) is 40.4 Å². The zero-order chi connectivity index (χ0) is 27.3. The minimum atomic E-state index is -1.78. The van der Waals surface area contributed by atoms with E-state index in [0.29, 0.717) is 42.4 Å². The summed E-state index contributed by atoms with van der Waals surface area (Å²) >= 11 is 0. The molecule has 0 amide bonds. The van der Waals surface area contributed by atoms with Crippen LogP contribution in [0.2, 0.25) is 0 Å². The van der Waals surface area contributed by atoms with Crippen LogP contribution in [0.4, 0.5) is 8.78 Å². The molecule has 3 fully saturated rings. The first-order valence-corrected chi connectivity index (χ1v) is 14.5. The van der Waals surface area contributed by atoms with Crippen molar-refractivity contribution in [3.63, 3.8) is 0 Å². The van der Waals surface area contributed by atoms with Crippen molar-refractivity contribution in [3.05, 3.63) is 11.6 Å². The van der Waals surface area contributed by atoms with Gasteiger partial charge in [0, 0.05) is 32.1 Å². The highest BCUT2D eigenvalue weighted by atomic mass is 19.2. The fourth-order valence-corrected chi connectivity index (χ4v) is 9.28. The van der Waals surface area contributed by atoms with E-state index in [1.165, 1.54) is 39.7 Å². The first-order chi connectivity index (χ1) is 17.2. The summed E-state index contributed by atoms with van der Waals surface area (Å²) in [5.41, 5.74) is -0.545. The molecule has 10 atom stereocenters. The molecule has 0 aliphatic heterocycles. The third-order valence-electron chi connectivity index (χ3n) is 11.2. The Hall–Kier alpha value is -1.46. The maximum atomic E-state index is 14.4. The second kappa shape index (κ2) is 10.3. The Labute approximate surface area is 222 Å². The van der Waals surface area contributed by atoms with Crippen LogP contribution in [-0.2, 0) is 19.1 Å². The van der Waals surface area contributed by atoms with Crippen molar-refractivity contribution in [3.8, 4) is 0 Å². The summed E-state index contributed by atoms with van der Waals surface area (Å²) in [5, 5.41) is 0. The monoisotopic (exact) mass is 522 g/mol. The molecule has 0 saturated heterocycles. The van der Waals surface area contributed by atoms with Gasteiger partial charge in [0.05, 0.1) is 0 Å². The van der Waals surface area contributed by atoms with Crippen LogP contribution in [-0.4, -0.2) is 36.0 Å². The van der Waals surface area contributed by atoms with Gasteiger partial charge in [-0.25, -0.2) is 8.78 Å². The summed E-state index contributed by atoms with van der Waals surface area (Å²) in [6, 6.07) is 0. The number of alkyl halides is 2. The number of allylic oxidation sites excluding steroid dienone is 1. The third-order valence-corrected chi connectivity index (χ3v) is 11.2. The second-order valence-electron chi connectivity index (χ2n) is 13.7. The lowest BCUT2D eigenvalue weighted by Crippen LogP contribution is -2.57. The van der Waals surface area contributed by atoms with E-state index in [9.17, 15) is 18.4 Å².